The number of sulfonamides is 1. The summed E-state index contributed by atoms with van der Waals surface area (Å²) in [5.74, 6) is -1.55. The summed E-state index contributed by atoms with van der Waals surface area (Å²) < 4.78 is 27.5. The molecule has 0 saturated heterocycles. The summed E-state index contributed by atoms with van der Waals surface area (Å²) in [4.78, 5) is 10.9. The molecular formula is C10H17N3O4S. The van der Waals surface area contributed by atoms with E-state index >= 15 is 0 Å². The number of nitrogens with zero attached hydrogens (tertiary/aromatic N) is 2. The Morgan fingerprint density at radius 3 is 2.56 bits per heavy atom. The minimum absolute atomic E-state index is 0.0312. The number of carboxylic acid groups (broad SMARTS) is 1. The summed E-state index contributed by atoms with van der Waals surface area (Å²) in [5.41, 5.74) is 0. The molecule has 0 aliphatic rings. The number of hydrogen-bond acceptors (Lipinski definition) is 4. The molecule has 0 unspecified atom stereocenters. The number of carbonyl (C=O) groups is 1. The first-order valence-corrected chi connectivity index (χ1v) is 7.03. The molecule has 0 fully saturated rings. The molecule has 0 aliphatic carbocycles. The second kappa shape index (κ2) is 5.49. The van der Waals surface area contributed by atoms with Crippen LogP contribution in [-0.2, 0) is 21.4 Å². The van der Waals surface area contributed by atoms with Crippen LogP contribution in [0.15, 0.2) is 17.3 Å². The van der Waals surface area contributed by atoms with Crippen LogP contribution in [0.25, 0.3) is 0 Å². The van der Waals surface area contributed by atoms with Gasteiger partial charge in [-0.25, -0.2) is 8.42 Å². The van der Waals surface area contributed by atoms with Gasteiger partial charge in [-0.2, -0.15) is 9.82 Å². The van der Waals surface area contributed by atoms with Crippen LogP contribution in [0.2, 0.25) is 0 Å². The highest BCUT2D eigenvalue weighted by Gasteiger charge is 2.28. The van der Waals surface area contributed by atoms with Crippen molar-refractivity contribution in [2.75, 3.05) is 0 Å². The van der Waals surface area contributed by atoms with Gasteiger partial charge < -0.3 is 5.11 Å². The Kier molecular flexibility index (Phi) is 4.47. The molecule has 18 heavy (non-hydrogen) atoms. The van der Waals surface area contributed by atoms with Gasteiger partial charge in [-0.1, -0.05) is 13.8 Å². The Bertz CT molecular complexity index is 521. The fourth-order valence-corrected chi connectivity index (χ4v) is 2.65. The molecule has 2 N–H and O–H groups in total. The van der Waals surface area contributed by atoms with Crippen molar-refractivity contribution in [1.82, 2.24) is 14.5 Å². The van der Waals surface area contributed by atoms with E-state index in [0.29, 0.717) is 6.54 Å². The average molecular weight is 275 g/mol. The molecular weight excluding hydrogens is 258 g/mol. The SMILES string of the molecule is CCn1cc(S(=O)(=O)N[C@H](C(=O)O)C(C)C)cn1. The molecule has 0 amide bonds. The molecule has 1 heterocycles. The molecule has 102 valence electrons. The number of hydrogen-bond donors (Lipinski definition) is 2. The van der Waals surface area contributed by atoms with Crippen molar-refractivity contribution in [2.24, 2.45) is 5.92 Å². The van der Waals surface area contributed by atoms with Crippen LogP contribution in [0.1, 0.15) is 20.8 Å². The van der Waals surface area contributed by atoms with Gasteiger partial charge in [-0.3, -0.25) is 9.48 Å². The molecule has 1 rings (SSSR count). The van der Waals surface area contributed by atoms with Crippen LogP contribution >= 0.6 is 0 Å². The highest BCUT2D eigenvalue weighted by atomic mass is 32.2. The Hall–Kier alpha value is -1.41. The van der Waals surface area contributed by atoms with Crippen molar-refractivity contribution in [1.29, 1.82) is 0 Å². The predicted octanol–water partition coefficient (Wildman–Crippen LogP) is 0.290. The van der Waals surface area contributed by atoms with Crippen LogP contribution < -0.4 is 4.72 Å². The third-order valence-corrected chi connectivity index (χ3v) is 3.85. The Balaban J connectivity index is 2.96. The van der Waals surface area contributed by atoms with Crippen molar-refractivity contribution in [2.45, 2.75) is 38.3 Å². The smallest absolute Gasteiger partial charge is 0.322 e. The lowest BCUT2D eigenvalue weighted by Gasteiger charge is -2.17. The van der Waals surface area contributed by atoms with Crippen LogP contribution in [0.5, 0.6) is 0 Å². The minimum atomic E-state index is -3.85. The largest absolute Gasteiger partial charge is 0.480 e. The first kappa shape index (κ1) is 14.7. The van der Waals surface area contributed by atoms with E-state index in [9.17, 15) is 13.2 Å². The van der Waals surface area contributed by atoms with Crippen LogP contribution in [0.4, 0.5) is 0 Å². The maximum absolute atomic E-state index is 12.0. The van der Waals surface area contributed by atoms with E-state index in [4.69, 9.17) is 5.11 Å². The second-order valence-electron chi connectivity index (χ2n) is 4.21. The molecule has 0 radical (unpaired) electrons. The maximum Gasteiger partial charge on any atom is 0.322 e. The number of rotatable bonds is 6. The van der Waals surface area contributed by atoms with Crippen LogP contribution in [0.3, 0.4) is 0 Å². The van der Waals surface area contributed by atoms with Gasteiger partial charge in [0.15, 0.2) is 0 Å². The monoisotopic (exact) mass is 275 g/mol. The van der Waals surface area contributed by atoms with Gasteiger partial charge in [0.05, 0.1) is 6.20 Å². The first-order valence-electron chi connectivity index (χ1n) is 5.55. The number of aryl methyl sites for hydroxylation is 1. The zero-order chi connectivity index (χ0) is 13.9. The third-order valence-electron chi connectivity index (χ3n) is 2.46. The van der Waals surface area contributed by atoms with Crippen molar-refractivity contribution in [3.8, 4) is 0 Å². The molecule has 0 saturated carbocycles. The Labute approximate surface area is 106 Å². The topological polar surface area (TPSA) is 101 Å². The summed E-state index contributed by atoms with van der Waals surface area (Å²) in [6, 6.07) is -1.15. The minimum Gasteiger partial charge on any atom is -0.480 e. The highest BCUT2D eigenvalue weighted by Crippen LogP contribution is 2.11. The van der Waals surface area contributed by atoms with Crippen LogP contribution in [-0.4, -0.2) is 35.3 Å². The lowest BCUT2D eigenvalue weighted by atomic mass is 10.1. The second-order valence-corrected chi connectivity index (χ2v) is 5.93. The Morgan fingerprint density at radius 1 is 1.56 bits per heavy atom. The predicted molar refractivity (Wildman–Crippen MR) is 64.5 cm³/mol. The van der Waals surface area contributed by atoms with Gasteiger partial charge in [0.2, 0.25) is 10.0 Å². The molecule has 1 atom stereocenters. The van der Waals surface area contributed by atoms with Crippen molar-refractivity contribution < 1.29 is 18.3 Å². The summed E-state index contributed by atoms with van der Waals surface area (Å²) in [6.45, 7) is 5.64. The summed E-state index contributed by atoms with van der Waals surface area (Å²) in [5, 5.41) is 12.8. The molecule has 0 aromatic carbocycles. The molecule has 0 spiro atoms. The number of carboxylic acids is 1. The molecule has 7 nitrogen and oxygen atoms in total. The lowest BCUT2D eigenvalue weighted by Crippen LogP contribution is -2.44. The molecule has 8 heteroatoms. The van der Waals surface area contributed by atoms with Gasteiger partial charge in [0.25, 0.3) is 0 Å². The van der Waals surface area contributed by atoms with E-state index in [0.717, 1.165) is 0 Å². The van der Waals surface area contributed by atoms with E-state index in [1.54, 1.807) is 13.8 Å². The molecule has 1 aromatic heterocycles. The van der Waals surface area contributed by atoms with E-state index in [1.165, 1.54) is 17.1 Å². The highest BCUT2D eigenvalue weighted by molar-refractivity contribution is 7.89. The van der Waals surface area contributed by atoms with E-state index in [2.05, 4.69) is 9.82 Å². The Morgan fingerprint density at radius 2 is 2.17 bits per heavy atom. The normalized spacial score (nSPS) is 13.8. The van der Waals surface area contributed by atoms with Crippen LogP contribution in [0, 0.1) is 5.92 Å². The van der Waals surface area contributed by atoms with E-state index < -0.39 is 22.0 Å². The summed E-state index contributed by atoms with van der Waals surface area (Å²) >= 11 is 0. The third kappa shape index (κ3) is 3.30. The average Bonchev–Trinajstić information content (AvgIpc) is 2.74. The summed E-state index contributed by atoms with van der Waals surface area (Å²) in [6.07, 6.45) is 2.56. The van der Waals surface area contributed by atoms with Gasteiger partial charge in [-0.15, -0.1) is 0 Å². The van der Waals surface area contributed by atoms with Crippen molar-refractivity contribution >= 4 is 16.0 Å². The van der Waals surface area contributed by atoms with Gasteiger partial charge >= 0.3 is 5.97 Å². The fourth-order valence-electron chi connectivity index (χ4n) is 1.36. The molecule has 1 aromatic rings. The van der Waals surface area contributed by atoms with Crippen molar-refractivity contribution in [3.63, 3.8) is 0 Å². The molecule has 0 bridgehead atoms. The zero-order valence-electron chi connectivity index (χ0n) is 10.5. The first-order chi connectivity index (χ1) is 8.27. The quantitative estimate of drug-likeness (QED) is 0.777. The fraction of sp³-hybridized carbons (Fsp3) is 0.600. The van der Waals surface area contributed by atoms with E-state index in [1.807, 2.05) is 6.92 Å². The summed E-state index contributed by atoms with van der Waals surface area (Å²) in [7, 11) is -3.85. The zero-order valence-corrected chi connectivity index (χ0v) is 11.3. The maximum atomic E-state index is 12.0. The lowest BCUT2D eigenvalue weighted by molar-refractivity contribution is -0.140. The van der Waals surface area contributed by atoms with Crippen molar-refractivity contribution in [3.05, 3.63) is 12.4 Å². The van der Waals surface area contributed by atoms with E-state index in [-0.39, 0.29) is 10.8 Å². The molecule has 0 aliphatic heterocycles. The number of aromatic nitrogens is 2. The number of aliphatic carboxylic acids is 1. The number of nitrogens with one attached hydrogen (secondary N) is 1. The van der Waals surface area contributed by atoms with Gasteiger partial charge in [0.1, 0.15) is 10.9 Å². The van der Waals surface area contributed by atoms with Gasteiger partial charge in [0, 0.05) is 12.7 Å². The standard InChI is InChI=1S/C10H17N3O4S/c1-4-13-6-8(5-11-13)18(16,17)12-9(7(2)3)10(14)15/h5-7,9,12H,4H2,1-3H3,(H,14,15)/t9-/m0/s1. The van der Waals surface area contributed by atoms with Gasteiger partial charge in [-0.05, 0) is 12.8 Å².